The zero-order chi connectivity index (χ0) is 4.24. The third kappa shape index (κ3) is 3.28. The third-order valence-corrected chi connectivity index (χ3v) is 0.744. The van der Waals surface area contributed by atoms with Crippen LogP contribution >= 0.6 is 0 Å². The largest absolute Gasteiger partial charge is 2.00 e. The minimum absolute atomic E-state index is 0. The topological polar surface area (TPSA) is 18.5 Å². The van der Waals surface area contributed by atoms with Gasteiger partial charge in [0.25, 0.3) is 0 Å². The molecule has 0 aliphatic carbocycles. The molecule has 1 fully saturated rings. The molecular weight excluding hydrogens is 104 g/mol. The summed E-state index contributed by atoms with van der Waals surface area (Å²) < 4.78 is 9.89. The van der Waals surface area contributed by atoms with Crippen LogP contribution in [0.25, 0.3) is 0 Å². The van der Waals surface area contributed by atoms with Gasteiger partial charge < -0.3 is 12.3 Å². The van der Waals surface area contributed by atoms with Crippen LogP contribution < -0.4 is 0 Å². The second kappa shape index (κ2) is 4.84. The van der Waals surface area contributed by atoms with E-state index in [1.165, 1.54) is 0 Å². The van der Waals surface area contributed by atoms with Crippen molar-refractivity contribution in [2.24, 2.45) is 0 Å². The van der Waals surface area contributed by atoms with E-state index in [9.17, 15) is 0 Å². The van der Waals surface area contributed by atoms with Gasteiger partial charge in [0.05, 0.1) is 26.4 Å². The Bertz CT molecular complexity index is 32.0. The number of ether oxygens (including phenoxy) is 2. The molecule has 0 amide bonds. The van der Waals surface area contributed by atoms with Crippen LogP contribution in [0, 0.1) is 0 Å². The van der Waals surface area contributed by atoms with Gasteiger partial charge >= 0.3 is 23.1 Å². The van der Waals surface area contributed by atoms with Gasteiger partial charge in [0, 0.05) is 0 Å². The fourth-order valence-corrected chi connectivity index (χ4v) is 0.440. The van der Waals surface area contributed by atoms with E-state index in [1.54, 1.807) is 0 Å². The van der Waals surface area contributed by atoms with Crippen LogP contribution in [0.15, 0.2) is 0 Å². The molecular formula is C4H10MgO2. The molecule has 1 heterocycles. The van der Waals surface area contributed by atoms with Gasteiger partial charge in [0.2, 0.25) is 0 Å². The molecule has 2 nitrogen and oxygen atoms in total. The van der Waals surface area contributed by atoms with E-state index in [1.807, 2.05) is 0 Å². The van der Waals surface area contributed by atoms with Crippen LogP contribution in [-0.4, -0.2) is 49.5 Å². The maximum absolute atomic E-state index is 4.94. The van der Waals surface area contributed by atoms with Gasteiger partial charge in [-0.05, 0) is 0 Å². The van der Waals surface area contributed by atoms with E-state index in [2.05, 4.69) is 0 Å². The molecule has 0 saturated carbocycles. The second-order valence-electron chi connectivity index (χ2n) is 1.22. The zero-order valence-electron chi connectivity index (χ0n) is 6.35. The predicted octanol–water partition coefficient (Wildman–Crippen LogP) is -0.123. The van der Waals surface area contributed by atoms with Crippen LogP contribution in [-0.2, 0) is 9.47 Å². The normalized spacial score (nSPS) is 20.6. The maximum Gasteiger partial charge on any atom is 2.00 e. The molecule has 1 saturated heterocycles. The molecule has 0 atom stereocenters. The van der Waals surface area contributed by atoms with E-state index in [0.717, 1.165) is 26.4 Å². The van der Waals surface area contributed by atoms with E-state index in [4.69, 9.17) is 9.47 Å². The van der Waals surface area contributed by atoms with E-state index < -0.39 is 0 Å². The van der Waals surface area contributed by atoms with Crippen molar-refractivity contribution in [2.75, 3.05) is 26.4 Å². The standard InChI is InChI=1S/C4H8O2.Mg.2H/c1-2-6-4-3-5-1;;;/h1-4H2;;;/q;+2;2*-1. The Labute approximate surface area is 62.3 Å². The summed E-state index contributed by atoms with van der Waals surface area (Å²) in [6.45, 7) is 3.11. The Kier molecular flexibility index (Phi) is 5.31. The fourth-order valence-electron chi connectivity index (χ4n) is 0.440. The summed E-state index contributed by atoms with van der Waals surface area (Å²) in [6, 6.07) is 0. The second-order valence-corrected chi connectivity index (χ2v) is 1.22. The quantitative estimate of drug-likeness (QED) is 0.409. The van der Waals surface area contributed by atoms with Crippen LogP contribution in [0.4, 0.5) is 0 Å². The first-order chi connectivity index (χ1) is 3.00. The van der Waals surface area contributed by atoms with Gasteiger partial charge in [-0.3, -0.25) is 0 Å². The smallest absolute Gasteiger partial charge is 1.00 e. The minimum atomic E-state index is 0. The van der Waals surface area contributed by atoms with Gasteiger partial charge in [-0.25, -0.2) is 0 Å². The summed E-state index contributed by atoms with van der Waals surface area (Å²) in [5.41, 5.74) is 0. The first-order valence-corrected chi connectivity index (χ1v) is 2.15. The van der Waals surface area contributed by atoms with E-state index >= 15 is 0 Å². The maximum atomic E-state index is 4.94. The van der Waals surface area contributed by atoms with Crippen molar-refractivity contribution in [1.82, 2.24) is 0 Å². The average Bonchev–Trinajstić information content (AvgIpc) is 1.72. The van der Waals surface area contributed by atoms with Crippen molar-refractivity contribution < 1.29 is 12.3 Å². The summed E-state index contributed by atoms with van der Waals surface area (Å²) in [4.78, 5) is 0. The molecule has 0 N–H and O–H groups in total. The molecule has 7 heavy (non-hydrogen) atoms. The van der Waals surface area contributed by atoms with Crippen LogP contribution in [0.2, 0.25) is 0 Å². The molecule has 40 valence electrons. The van der Waals surface area contributed by atoms with Crippen LogP contribution in [0.3, 0.4) is 0 Å². The van der Waals surface area contributed by atoms with Crippen molar-refractivity contribution >= 4 is 23.1 Å². The Morgan fingerprint density at radius 2 is 1.14 bits per heavy atom. The Morgan fingerprint density at radius 3 is 1.29 bits per heavy atom. The average molecular weight is 114 g/mol. The van der Waals surface area contributed by atoms with Crippen molar-refractivity contribution in [1.29, 1.82) is 0 Å². The molecule has 1 aliphatic heterocycles. The van der Waals surface area contributed by atoms with Crippen LogP contribution in [0.5, 0.6) is 0 Å². The Hall–Kier alpha value is 0.686. The molecule has 0 bridgehead atoms. The van der Waals surface area contributed by atoms with Gasteiger partial charge in [0.15, 0.2) is 0 Å². The first-order valence-electron chi connectivity index (χ1n) is 2.15. The molecule has 0 aromatic heterocycles. The molecule has 0 aromatic rings. The molecule has 0 spiro atoms. The van der Waals surface area contributed by atoms with Gasteiger partial charge in [-0.2, -0.15) is 0 Å². The van der Waals surface area contributed by atoms with Gasteiger partial charge in [-0.1, -0.05) is 0 Å². The third-order valence-electron chi connectivity index (χ3n) is 0.744. The molecule has 3 heteroatoms. The summed E-state index contributed by atoms with van der Waals surface area (Å²) in [5, 5.41) is 0. The Balaban J connectivity index is -0.000000120. The monoisotopic (exact) mass is 114 g/mol. The number of hydrogen-bond donors (Lipinski definition) is 0. The number of rotatable bonds is 0. The number of hydrogen-bond acceptors (Lipinski definition) is 2. The summed E-state index contributed by atoms with van der Waals surface area (Å²) in [5.74, 6) is 0. The van der Waals surface area contributed by atoms with E-state index in [0.29, 0.717) is 0 Å². The fraction of sp³-hybridized carbons (Fsp3) is 1.00. The summed E-state index contributed by atoms with van der Waals surface area (Å²) in [6.07, 6.45) is 0. The molecule has 1 aliphatic rings. The van der Waals surface area contributed by atoms with E-state index in [-0.39, 0.29) is 25.9 Å². The van der Waals surface area contributed by atoms with Crippen molar-refractivity contribution in [3.63, 3.8) is 0 Å². The van der Waals surface area contributed by atoms with Gasteiger partial charge in [0.1, 0.15) is 0 Å². The minimum Gasteiger partial charge on any atom is -1.00 e. The van der Waals surface area contributed by atoms with Crippen molar-refractivity contribution in [3.05, 3.63) is 0 Å². The Morgan fingerprint density at radius 1 is 0.857 bits per heavy atom. The van der Waals surface area contributed by atoms with Crippen molar-refractivity contribution in [2.45, 2.75) is 0 Å². The molecule has 0 unspecified atom stereocenters. The molecule has 0 radical (unpaired) electrons. The molecule has 0 aromatic carbocycles. The predicted molar refractivity (Wildman–Crippen MR) is 29.6 cm³/mol. The zero-order valence-corrected chi connectivity index (χ0v) is 5.77. The van der Waals surface area contributed by atoms with Gasteiger partial charge in [-0.15, -0.1) is 0 Å². The molecule has 1 rings (SSSR count). The summed E-state index contributed by atoms with van der Waals surface area (Å²) >= 11 is 0. The first kappa shape index (κ1) is 7.69. The van der Waals surface area contributed by atoms with Crippen LogP contribution in [0.1, 0.15) is 2.85 Å². The van der Waals surface area contributed by atoms with Crippen molar-refractivity contribution in [3.8, 4) is 0 Å². The summed E-state index contributed by atoms with van der Waals surface area (Å²) in [7, 11) is 0. The SMILES string of the molecule is C1COCCO1.[H-].[H-].[Mg+2].